The van der Waals surface area contributed by atoms with Gasteiger partial charge in [0.15, 0.2) is 0 Å². The number of nitrogens with zero attached hydrogens (tertiary/aromatic N) is 1. The smallest absolute Gasteiger partial charge is 0.0775 e. The molecule has 0 bridgehead atoms. The molecule has 0 saturated carbocycles. The molecule has 1 heterocycles. The minimum atomic E-state index is 0.982. The van der Waals surface area contributed by atoms with E-state index in [0.29, 0.717) is 0 Å². The minimum Gasteiger partial charge on any atom is -0.248 e. The summed E-state index contributed by atoms with van der Waals surface area (Å²) in [6.07, 6.45) is 7.26. The first-order valence-corrected chi connectivity index (χ1v) is 5.09. The summed E-state index contributed by atoms with van der Waals surface area (Å²) in [7, 11) is 0. The first kappa shape index (κ1) is 8.42. The van der Waals surface area contributed by atoms with E-state index in [-0.39, 0.29) is 0 Å². The first-order valence-electron chi connectivity index (χ1n) is 5.09. The molecule has 0 unspecified atom stereocenters. The van der Waals surface area contributed by atoms with Crippen LogP contribution in [-0.4, -0.2) is 4.98 Å². The van der Waals surface area contributed by atoms with Crippen LogP contribution in [0.15, 0.2) is 36.4 Å². The molecule has 2 aromatic rings. The third-order valence-corrected chi connectivity index (χ3v) is 2.77. The summed E-state index contributed by atoms with van der Waals surface area (Å²) in [4.78, 5) is 4.65. The van der Waals surface area contributed by atoms with E-state index in [0.717, 1.165) is 22.5 Å². The number of allylic oxidation sites excluding steroid dienone is 2. The molecule has 1 nitrogen and oxygen atoms in total. The summed E-state index contributed by atoms with van der Waals surface area (Å²) in [6, 6.07) is 8.34. The number of benzene rings is 1. The second-order valence-corrected chi connectivity index (χ2v) is 3.82. The number of aromatic nitrogens is 1. The Kier molecular flexibility index (Phi) is 1.72. The molecule has 0 aliphatic heterocycles. The molecule has 1 aliphatic rings. The van der Waals surface area contributed by atoms with Crippen LogP contribution in [0.25, 0.3) is 23.6 Å². The zero-order valence-corrected chi connectivity index (χ0v) is 8.40. The van der Waals surface area contributed by atoms with Crippen LogP contribution in [0, 0.1) is 0 Å². The van der Waals surface area contributed by atoms with Gasteiger partial charge >= 0.3 is 0 Å². The average Bonchev–Trinajstić information content (AvgIpc) is 2.27. The predicted molar refractivity (Wildman–Crippen MR) is 63.8 cm³/mol. The highest BCUT2D eigenvalue weighted by Crippen LogP contribution is 2.08. The lowest BCUT2D eigenvalue weighted by Crippen LogP contribution is -2.18. The summed E-state index contributed by atoms with van der Waals surface area (Å²) in [5, 5.41) is 3.27. The van der Waals surface area contributed by atoms with Gasteiger partial charge in [-0.1, -0.05) is 36.9 Å². The molecule has 15 heavy (non-hydrogen) atoms. The van der Waals surface area contributed by atoms with Crippen molar-refractivity contribution in [2.24, 2.45) is 0 Å². The van der Waals surface area contributed by atoms with E-state index in [4.69, 9.17) is 0 Å². The van der Waals surface area contributed by atoms with E-state index >= 15 is 0 Å². The maximum atomic E-state index is 4.65. The van der Waals surface area contributed by atoms with Gasteiger partial charge in [-0.2, -0.15) is 0 Å². The number of fused-ring (bicyclic) bond motifs is 2. The Morgan fingerprint density at radius 3 is 3.13 bits per heavy atom. The molecule has 0 radical (unpaired) electrons. The number of hydrogen-bond donors (Lipinski definition) is 0. The molecule has 72 valence electrons. The lowest BCUT2D eigenvalue weighted by Gasteiger charge is -2.05. The van der Waals surface area contributed by atoms with Crippen LogP contribution < -0.4 is 10.6 Å². The van der Waals surface area contributed by atoms with Crippen molar-refractivity contribution >= 4 is 23.6 Å². The lowest BCUT2D eigenvalue weighted by atomic mass is 10.1. The maximum Gasteiger partial charge on any atom is 0.0775 e. The Labute approximate surface area is 88.1 Å². The lowest BCUT2D eigenvalue weighted by molar-refractivity contribution is 1.15. The molecule has 1 heteroatoms. The van der Waals surface area contributed by atoms with E-state index in [1.165, 1.54) is 10.9 Å². The summed E-state index contributed by atoms with van der Waals surface area (Å²) < 4.78 is 0. The monoisotopic (exact) mass is 193 g/mol. The summed E-state index contributed by atoms with van der Waals surface area (Å²) in [5.41, 5.74) is 2.32. The molecule has 0 fully saturated rings. The third kappa shape index (κ3) is 1.28. The van der Waals surface area contributed by atoms with Gasteiger partial charge in [0.05, 0.1) is 10.9 Å². The van der Waals surface area contributed by atoms with Crippen molar-refractivity contribution in [3.05, 3.63) is 52.5 Å². The van der Waals surface area contributed by atoms with Gasteiger partial charge in [0.1, 0.15) is 0 Å². The van der Waals surface area contributed by atoms with Gasteiger partial charge in [0.25, 0.3) is 0 Å². The van der Waals surface area contributed by atoms with Crippen molar-refractivity contribution in [3.63, 3.8) is 0 Å². The Morgan fingerprint density at radius 1 is 1.27 bits per heavy atom. The van der Waals surface area contributed by atoms with E-state index in [1.807, 2.05) is 12.1 Å². The fourth-order valence-corrected chi connectivity index (χ4v) is 1.98. The summed E-state index contributed by atoms with van der Waals surface area (Å²) >= 11 is 0. The highest BCUT2D eigenvalue weighted by Gasteiger charge is 2.02. The average molecular weight is 193 g/mol. The van der Waals surface area contributed by atoms with Crippen LogP contribution in [-0.2, 0) is 6.42 Å². The van der Waals surface area contributed by atoms with E-state index < -0.39 is 0 Å². The zero-order chi connectivity index (χ0) is 10.3. The van der Waals surface area contributed by atoms with Crippen LogP contribution in [0.1, 0.15) is 5.56 Å². The third-order valence-electron chi connectivity index (χ3n) is 2.77. The second-order valence-electron chi connectivity index (χ2n) is 3.82. The number of rotatable bonds is 0. The molecule has 3 rings (SSSR count). The topological polar surface area (TPSA) is 12.9 Å². The number of hydrogen-bond acceptors (Lipinski definition) is 1. The van der Waals surface area contributed by atoms with Gasteiger partial charge in [0, 0.05) is 5.39 Å². The van der Waals surface area contributed by atoms with Crippen LogP contribution in [0.4, 0.5) is 0 Å². The van der Waals surface area contributed by atoms with Crippen LogP contribution >= 0.6 is 0 Å². The van der Waals surface area contributed by atoms with E-state index in [9.17, 15) is 0 Å². The summed E-state index contributed by atoms with van der Waals surface area (Å²) in [5.74, 6) is 0. The van der Waals surface area contributed by atoms with Gasteiger partial charge in [-0.15, -0.1) is 0 Å². The SMILES string of the molecule is C=c1cccc2cc3c(nc12)=CC=CC3. The Bertz CT molecular complexity index is 666. The maximum absolute atomic E-state index is 4.65. The predicted octanol–water partition coefficient (Wildman–Crippen LogP) is 1.54. The fourth-order valence-electron chi connectivity index (χ4n) is 1.98. The quantitative estimate of drug-likeness (QED) is 0.618. The molecule has 0 spiro atoms. The van der Waals surface area contributed by atoms with Crippen molar-refractivity contribution in [2.45, 2.75) is 6.42 Å². The van der Waals surface area contributed by atoms with Crippen molar-refractivity contribution in [1.82, 2.24) is 4.98 Å². The molecular formula is C14H11N. The highest BCUT2D eigenvalue weighted by molar-refractivity contribution is 5.80. The molecule has 1 aromatic heterocycles. The van der Waals surface area contributed by atoms with E-state index in [2.05, 4.69) is 41.9 Å². The molecule has 1 aliphatic carbocycles. The second kappa shape index (κ2) is 3.06. The first-order chi connectivity index (χ1) is 7.34. The van der Waals surface area contributed by atoms with Crippen molar-refractivity contribution in [3.8, 4) is 0 Å². The Balaban J connectivity index is 2.51. The highest BCUT2D eigenvalue weighted by atomic mass is 14.7. The largest absolute Gasteiger partial charge is 0.248 e. The molecule has 0 amide bonds. The van der Waals surface area contributed by atoms with Gasteiger partial charge in [0.2, 0.25) is 0 Å². The molecular weight excluding hydrogens is 182 g/mol. The van der Waals surface area contributed by atoms with Crippen LogP contribution in [0.5, 0.6) is 0 Å². The standard InChI is InChI=1S/C14H11N/c1-10-5-4-7-12-9-11-6-2-3-8-13(11)15-14(10)12/h2-5,7-9H,1,6H2. The zero-order valence-electron chi connectivity index (χ0n) is 8.40. The number of para-hydroxylation sites is 1. The van der Waals surface area contributed by atoms with E-state index in [1.54, 1.807) is 0 Å². The summed E-state index contributed by atoms with van der Waals surface area (Å²) in [6.45, 7) is 4.00. The van der Waals surface area contributed by atoms with Gasteiger partial charge in [-0.3, -0.25) is 0 Å². The fraction of sp³-hybridized carbons (Fsp3) is 0.0714. The van der Waals surface area contributed by atoms with Crippen molar-refractivity contribution in [2.75, 3.05) is 0 Å². The van der Waals surface area contributed by atoms with Crippen LogP contribution in [0.2, 0.25) is 0 Å². The minimum absolute atomic E-state index is 0.982. The van der Waals surface area contributed by atoms with Gasteiger partial charge < -0.3 is 0 Å². The molecule has 0 N–H and O–H groups in total. The van der Waals surface area contributed by atoms with Crippen molar-refractivity contribution in [1.29, 1.82) is 0 Å². The Morgan fingerprint density at radius 2 is 2.20 bits per heavy atom. The molecule has 0 atom stereocenters. The van der Waals surface area contributed by atoms with Crippen molar-refractivity contribution < 1.29 is 0 Å². The molecule has 0 saturated heterocycles. The number of pyridine rings is 1. The Hall–Kier alpha value is -1.89. The van der Waals surface area contributed by atoms with Gasteiger partial charge in [-0.05, 0) is 29.3 Å². The normalized spacial score (nSPS) is 13.6. The molecule has 1 aromatic carbocycles. The van der Waals surface area contributed by atoms with Crippen LogP contribution in [0.3, 0.4) is 0 Å². The van der Waals surface area contributed by atoms with Gasteiger partial charge in [-0.25, -0.2) is 4.98 Å².